The summed E-state index contributed by atoms with van der Waals surface area (Å²) in [5, 5.41) is 0.975. The second kappa shape index (κ2) is 5.33. The number of aromatic nitrogens is 2. The number of fused-ring (bicyclic) bond motifs is 1. The molecular formula is C14H17FN6OS. The van der Waals surface area contributed by atoms with Crippen LogP contribution in [0.2, 0.25) is 0 Å². The minimum Gasteiger partial charge on any atom is -0.346 e. The van der Waals surface area contributed by atoms with E-state index in [9.17, 15) is 9.18 Å². The molecule has 0 aliphatic carbocycles. The van der Waals surface area contributed by atoms with Gasteiger partial charge in [-0.3, -0.25) is 4.79 Å². The maximum Gasteiger partial charge on any atom is 0.289 e. The molecule has 7 nitrogen and oxygen atoms in total. The number of guanidine groups is 1. The van der Waals surface area contributed by atoms with Crippen molar-refractivity contribution in [1.29, 1.82) is 0 Å². The van der Waals surface area contributed by atoms with Gasteiger partial charge in [0.05, 0.1) is 5.71 Å². The monoisotopic (exact) mass is 336 g/mol. The lowest BCUT2D eigenvalue weighted by Gasteiger charge is -2.23. The first-order valence-electron chi connectivity index (χ1n) is 7.63. The van der Waals surface area contributed by atoms with Gasteiger partial charge in [0, 0.05) is 49.5 Å². The molecule has 4 heterocycles. The van der Waals surface area contributed by atoms with Gasteiger partial charge in [-0.25, -0.2) is 14.4 Å². The molecule has 4 rings (SSSR count). The average molecular weight is 336 g/mol. The van der Waals surface area contributed by atoms with Gasteiger partial charge >= 0.3 is 0 Å². The Morgan fingerprint density at radius 2 is 1.74 bits per heavy atom. The molecule has 9 heteroatoms. The molecule has 2 saturated heterocycles. The van der Waals surface area contributed by atoms with Crippen molar-refractivity contribution in [3.05, 3.63) is 5.82 Å². The molecule has 3 aliphatic rings. The number of rotatable bonds is 1. The molecule has 0 spiro atoms. The number of aliphatic imine (C=N–C) groups is 2. The van der Waals surface area contributed by atoms with Gasteiger partial charge in [0.2, 0.25) is 17.3 Å². The number of aryl methyl sites for hydroxylation is 1. The van der Waals surface area contributed by atoms with Crippen molar-refractivity contribution in [2.24, 2.45) is 21.8 Å². The highest BCUT2D eigenvalue weighted by Crippen LogP contribution is 2.35. The second-order valence-electron chi connectivity index (χ2n) is 6.32. The van der Waals surface area contributed by atoms with Crippen LogP contribution in [0.15, 0.2) is 9.98 Å². The average Bonchev–Trinajstić information content (AvgIpc) is 3.17. The van der Waals surface area contributed by atoms with Crippen LogP contribution in [0, 0.1) is 18.8 Å². The van der Waals surface area contributed by atoms with E-state index in [-0.39, 0.29) is 5.71 Å². The highest BCUT2D eigenvalue weighted by atomic mass is 32.1. The van der Waals surface area contributed by atoms with Crippen molar-refractivity contribution >= 4 is 34.2 Å². The fourth-order valence-electron chi connectivity index (χ4n) is 3.44. The van der Waals surface area contributed by atoms with E-state index in [1.165, 1.54) is 18.5 Å². The van der Waals surface area contributed by atoms with Crippen molar-refractivity contribution in [2.45, 2.75) is 20.0 Å². The number of hydrogen-bond acceptors (Lipinski definition) is 7. The molecule has 0 bridgehead atoms. The smallest absolute Gasteiger partial charge is 0.289 e. The summed E-state index contributed by atoms with van der Waals surface area (Å²) in [7, 11) is 0. The van der Waals surface area contributed by atoms with Crippen LogP contribution in [-0.4, -0.2) is 64.2 Å². The van der Waals surface area contributed by atoms with Crippen LogP contribution < -0.4 is 4.90 Å². The van der Waals surface area contributed by atoms with Crippen LogP contribution >= 0.6 is 11.5 Å². The molecule has 122 valence electrons. The third kappa shape index (κ3) is 2.52. The molecule has 0 saturated carbocycles. The number of likely N-dealkylation sites (tertiary alicyclic amines) is 1. The molecule has 3 atom stereocenters. The molecule has 3 aliphatic heterocycles. The predicted molar refractivity (Wildman–Crippen MR) is 85.9 cm³/mol. The van der Waals surface area contributed by atoms with Crippen LogP contribution in [0.3, 0.4) is 0 Å². The Bertz CT molecular complexity index is 702. The molecular weight excluding hydrogens is 319 g/mol. The number of carbonyl (C=O) groups excluding carboxylic acids is 1. The zero-order chi connectivity index (χ0) is 16.1. The van der Waals surface area contributed by atoms with Gasteiger partial charge in [-0.1, -0.05) is 0 Å². The normalized spacial score (nSPS) is 30.6. The van der Waals surface area contributed by atoms with Gasteiger partial charge in [0.25, 0.3) is 5.91 Å². The van der Waals surface area contributed by atoms with E-state index in [1.807, 2.05) is 11.8 Å². The molecule has 0 radical (unpaired) electrons. The summed E-state index contributed by atoms with van der Waals surface area (Å²) in [5.74, 6) is 1.40. The second-order valence-corrected chi connectivity index (χ2v) is 7.05. The van der Waals surface area contributed by atoms with E-state index in [1.54, 1.807) is 0 Å². The Balaban J connectivity index is 1.45. The lowest BCUT2D eigenvalue weighted by atomic mass is 10.0. The van der Waals surface area contributed by atoms with Crippen LogP contribution in [0.4, 0.5) is 9.52 Å². The zero-order valence-electron chi connectivity index (χ0n) is 12.9. The molecule has 0 aromatic carbocycles. The van der Waals surface area contributed by atoms with E-state index in [0.717, 1.165) is 37.1 Å². The number of halogens is 1. The first-order chi connectivity index (χ1) is 11.0. The van der Waals surface area contributed by atoms with Crippen LogP contribution in [0.5, 0.6) is 0 Å². The summed E-state index contributed by atoms with van der Waals surface area (Å²) in [4.78, 5) is 28.3. The number of carbonyl (C=O) groups is 1. The summed E-state index contributed by atoms with van der Waals surface area (Å²) in [5.41, 5.74) is 0.197. The quantitative estimate of drug-likeness (QED) is 0.762. The van der Waals surface area contributed by atoms with Crippen molar-refractivity contribution in [3.8, 4) is 0 Å². The molecule has 1 aromatic rings. The fourth-order valence-corrected chi connectivity index (χ4v) is 4.13. The lowest BCUT2D eigenvalue weighted by Crippen LogP contribution is -2.38. The highest BCUT2D eigenvalue weighted by molar-refractivity contribution is 7.09. The standard InChI is InChI=1S/C14H17FN6OS/c1-7-11(15)12(22)18-13(16-7)20-3-9-5-21(6-10(9)4-20)14-17-8(2)19-23-14/h9-11H,3-6H2,1-2H3. The van der Waals surface area contributed by atoms with Gasteiger partial charge < -0.3 is 9.80 Å². The van der Waals surface area contributed by atoms with Gasteiger partial charge in [0.15, 0.2) is 0 Å². The Hall–Kier alpha value is -1.90. The summed E-state index contributed by atoms with van der Waals surface area (Å²) < 4.78 is 17.7. The predicted octanol–water partition coefficient (Wildman–Crippen LogP) is 0.910. The Kier molecular flexibility index (Phi) is 3.40. The topological polar surface area (TPSA) is 74.1 Å². The SMILES string of the molecule is CC1=NC(N2CC3CN(c4nc(C)ns4)CC3C2)=NC(=O)C1F. The third-order valence-electron chi connectivity index (χ3n) is 4.63. The first-order valence-corrected chi connectivity index (χ1v) is 8.40. The molecule has 1 aromatic heterocycles. The summed E-state index contributed by atoms with van der Waals surface area (Å²) in [6.45, 7) is 6.86. The maximum absolute atomic E-state index is 13.5. The van der Waals surface area contributed by atoms with E-state index in [2.05, 4.69) is 24.2 Å². The molecule has 2 fully saturated rings. The van der Waals surface area contributed by atoms with E-state index in [4.69, 9.17) is 0 Å². The highest BCUT2D eigenvalue weighted by Gasteiger charge is 2.42. The summed E-state index contributed by atoms with van der Waals surface area (Å²) >= 11 is 1.43. The van der Waals surface area contributed by atoms with Crippen molar-refractivity contribution in [1.82, 2.24) is 14.3 Å². The van der Waals surface area contributed by atoms with Crippen molar-refractivity contribution in [2.75, 3.05) is 31.1 Å². The van der Waals surface area contributed by atoms with Gasteiger partial charge in [0.1, 0.15) is 5.82 Å². The van der Waals surface area contributed by atoms with Crippen molar-refractivity contribution < 1.29 is 9.18 Å². The molecule has 1 amide bonds. The zero-order valence-corrected chi connectivity index (χ0v) is 13.8. The molecule has 3 unspecified atom stereocenters. The fraction of sp³-hybridized carbons (Fsp3) is 0.643. The number of hydrogen-bond donors (Lipinski definition) is 0. The Labute approximate surface area is 137 Å². The minimum atomic E-state index is -1.68. The van der Waals surface area contributed by atoms with E-state index in [0.29, 0.717) is 17.8 Å². The number of amides is 1. The summed E-state index contributed by atoms with van der Waals surface area (Å²) in [6, 6.07) is 0. The Morgan fingerprint density at radius 1 is 1.09 bits per heavy atom. The molecule has 23 heavy (non-hydrogen) atoms. The Morgan fingerprint density at radius 3 is 2.30 bits per heavy atom. The van der Waals surface area contributed by atoms with Gasteiger partial charge in [-0.15, -0.1) is 0 Å². The number of nitrogens with zero attached hydrogens (tertiary/aromatic N) is 6. The number of alkyl halides is 1. The van der Waals surface area contributed by atoms with Crippen LogP contribution in [0.1, 0.15) is 12.7 Å². The van der Waals surface area contributed by atoms with Crippen LogP contribution in [0.25, 0.3) is 0 Å². The molecule has 0 N–H and O–H groups in total. The van der Waals surface area contributed by atoms with E-state index < -0.39 is 12.1 Å². The van der Waals surface area contributed by atoms with Gasteiger partial charge in [-0.2, -0.15) is 9.37 Å². The first kappa shape index (κ1) is 14.7. The van der Waals surface area contributed by atoms with Gasteiger partial charge in [-0.05, 0) is 13.8 Å². The summed E-state index contributed by atoms with van der Waals surface area (Å²) in [6.07, 6.45) is -1.68. The largest absolute Gasteiger partial charge is 0.346 e. The van der Waals surface area contributed by atoms with Crippen LogP contribution in [-0.2, 0) is 4.79 Å². The lowest BCUT2D eigenvalue weighted by molar-refractivity contribution is -0.120. The number of anilines is 1. The third-order valence-corrected chi connectivity index (χ3v) is 5.49. The maximum atomic E-state index is 13.5. The van der Waals surface area contributed by atoms with Crippen molar-refractivity contribution in [3.63, 3.8) is 0 Å². The van der Waals surface area contributed by atoms with E-state index >= 15 is 0 Å². The minimum absolute atomic E-state index is 0.197.